The molecule has 1 nitrogen and oxygen atoms in total. The SMILES string of the molecule is CNC[C@@H]1[C@H](c2cccs2)C1(F)F. The summed E-state index contributed by atoms with van der Waals surface area (Å²) in [4.78, 5) is 0.810. The molecule has 1 aliphatic rings. The molecule has 1 saturated carbocycles. The van der Waals surface area contributed by atoms with Crippen LogP contribution in [0.5, 0.6) is 0 Å². The molecule has 1 aromatic heterocycles. The number of nitrogens with one attached hydrogen (secondary N) is 1. The van der Waals surface area contributed by atoms with E-state index < -0.39 is 17.8 Å². The van der Waals surface area contributed by atoms with Crippen molar-refractivity contribution in [3.8, 4) is 0 Å². The molecule has 0 aliphatic heterocycles. The van der Waals surface area contributed by atoms with E-state index in [1.807, 2.05) is 11.4 Å². The summed E-state index contributed by atoms with van der Waals surface area (Å²) < 4.78 is 26.4. The molecule has 13 heavy (non-hydrogen) atoms. The zero-order valence-corrected chi connectivity index (χ0v) is 8.07. The smallest absolute Gasteiger partial charge is 0.261 e. The van der Waals surface area contributed by atoms with Crippen LogP contribution in [-0.4, -0.2) is 19.5 Å². The van der Waals surface area contributed by atoms with E-state index >= 15 is 0 Å². The topological polar surface area (TPSA) is 12.0 Å². The van der Waals surface area contributed by atoms with Crippen LogP contribution in [0, 0.1) is 5.92 Å². The highest BCUT2D eigenvalue weighted by Gasteiger charge is 2.68. The Bertz CT molecular complexity index is 284. The molecule has 2 rings (SSSR count). The Morgan fingerprint density at radius 2 is 2.38 bits per heavy atom. The first-order valence-corrected chi connectivity index (χ1v) is 5.11. The van der Waals surface area contributed by atoms with E-state index in [0.717, 1.165) is 4.88 Å². The molecule has 1 N–H and O–H groups in total. The van der Waals surface area contributed by atoms with Gasteiger partial charge in [0.25, 0.3) is 5.92 Å². The molecule has 4 heteroatoms. The van der Waals surface area contributed by atoms with Gasteiger partial charge in [0.1, 0.15) is 0 Å². The van der Waals surface area contributed by atoms with Crippen LogP contribution < -0.4 is 5.32 Å². The fourth-order valence-corrected chi connectivity index (χ4v) is 2.66. The van der Waals surface area contributed by atoms with Crippen molar-refractivity contribution in [2.24, 2.45) is 5.92 Å². The van der Waals surface area contributed by atoms with Crippen molar-refractivity contribution in [1.29, 1.82) is 0 Å². The molecule has 0 aromatic carbocycles. The van der Waals surface area contributed by atoms with Crippen LogP contribution in [0.25, 0.3) is 0 Å². The van der Waals surface area contributed by atoms with Crippen molar-refractivity contribution in [2.75, 3.05) is 13.6 Å². The summed E-state index contributed by atoms with van der Waals surface area (Å²) in [5, 5.41) is 4.65. The predicted molar refractivity (Wildman–Crippen MR) is 49.4 cm³/mol. The van der Waals surface area contributed by atoms with Crippen molar-refractivity contribution in [1.82, 2.24) is 5.32 Å². The normalized spacial score (nSPS) is 30.4. The van der Waals surface area contributed by atoms with Crippen LogP contribution >= 0.6 is 11.3 Å². The number of alkyl halides is 2. The Balaban J connectivity index is 2.11. The molecule has 0 unspecified atom stereocenters. The number of halogens is 2. The molecule has 0 bridgehead atoms. The lowest BCUT2D eigenvalue weighted by Gasteiger charge is -1.92. The van der Waals surface area contributed by atoms with Gasteiger partial charge in [0, 0.05) is 17.3 Å². The lowest BCUT2D eigenvalue weighted by atomic mass is 10.3. The molecule has 1 heterocycles. The van der Waals surface area contributed by atoms with Gasteiger partial charge in [0.15, 0.2) is 0 Å². The maximum atomic E-state index is 13.2. The van der Waals surface area contributed by atoms with Crippen LogP contribution in [0.1, 0.15) is 10.8 Å². The molecule has 0 spiro atoms. The Morgan fingerprint density at radius 1 is 1.62 bits per heavy atom. The summed E-state index contributed by atoms with van der Waals surface area (Å²) >= 11 is 1.42. The van der Waals surface area contributed by atoms with Crippen molar-refractivity contribution < 1.29 is 8.78 Å². The minimum Gasteiger partial charge on any atom is -0.319 e. The first-order chi connectivity index (χ1) is 6.18. The molecule has 1 aliphatic carbocycles. The van der Waals surface area contributed by atoms with Gasteiger partial charge in [-0.05, 0) is 18.5 Å². The monoisotopic (exact) mass is 203 g/mol. The van der Waals surface area contributed by atoms with Gasteiger partial charge in [-0.15, -0.1) is 11.3 Å². The largest absolute Gasteiger partial charge is 0.319 e. The lowest BCUT2D eigenvalue weighted by molar-refractivity contribution is 0.0938. The van der Waals surface area contributed by atoms with E-state index in [0.29, 0.717) is 6.54 Å². The summed E-state index contributed by atoms with van der Waals surface area (Å²) in [6.07, 6.45) is 0. The van der Waals surface area contributed by atoms with E-state index in [4.69, 9.17) is 0 Å². The average molecular weight is 203 g/mol. The maximum Gasteiger partial charge on any atom is 0.261 e. The van der Waals surface area contributed by atoms with E-state index in [2.05, 4.69) is 5.32 Å². The second-order valence-corrected chi connectivity index (χ2v) is 4.31. The molecule has 72 valence electrons. The van der Waals surface area contributed by atoms with Gasteiger partial charge in [-0.3, -0.25) is 0 Å². The minimum absolute atomic E-state index is 0.398. The Kier molecular flexibility index (Phi) is 2.12. The highest BCUT2D eigenvalue weighted by atomic mass is 32.1. The van der Waals surface area contributed by atoms with Gasteiger partial charge in [-0.2, -0.15) is 0 Å². The Hall–Kier alpha value is -0.480. The van der Waals surface area contributed by atoms with Gasteiger partial charge in [0.2, 0.25) is 0 Å². The highest BCUT2D eigenvalue weighted by Crippen LogP contribution is 2.61. The van der Waals surface area contributed by atoms with Crippen molar-refractivity contribution in [3.63, 3.8) is 0 Å². The number of rotatable bonds is 3. The number of thiophene rings is 1. The first-order valence-electron chi connectivity index (χ1n) is 4.23. The Labute approximate surface area is 79.8 Å². The third-order valence-corrected chi connectivity index (χ3v) is 3.43. The van der Waals surface area contributed by atoms with E-state index in [-0.39, 0.29) is 0 Å². The summed E-state index contributed by atoms with van der Waals surface area (Å²) in [7, 11) is 1.71. The molecular weight excluding hydrogens is 192 g/mol. The van der Waals surface area contributed by atoms with Crippen LogP contribution in [0.15, 0.2) is 17.5 Å². The third kappa shape index (κ3) is 1.38. The summed E-state index contributed by atoms with van der Waals surface area (Å²) in [5.74, 6) is -3.54. The van der Waals surface area contributed by atoms with Gasteiger partial charge in [0.05, 0.1) is 5.92 Å². The molecule has 0 radical (unpaired) electrons. The molecule has 0 amide bonds. The van der Waals surface area contributed by atoms with Crippen molar-refractivity contribution >= 4 is 11.3 Å². The molecular formula is C9H11F2NS. The average Bonchev–Trinajstić information content (AvgIpc) is 2.56. The quantitative estimate of drug-likeness (QED) is 0.795. The highest BCUT2D eigenvalue weighted by molar-refractivity contribution is 7.10. The molecule has 1 fully saturated rings. The van der Waals surface area contributed by atoms with Gasteiger partial charge in [-0.25, -0.2) is 8.78 Å². The van der Waals surface area contributed by atoms with E-state index in [1.54, 1.807) is 13.1 Å². The zero-order valence-electron chi connectivity index (χ0n) is 7.26. The summed E-state index contributed by atoms with van der Waals surface area (Å²) in [6, 6.07) is 3.61. The van der Waals surface area contributed by atoms with Gasteiger partial charge >= 0.3 is 0 Å². The van der Waals surface area contributed by atoms with Crippen molar-refractivity contribution in [2.45, 2.75) is 11.8 Å². The van der Waals surface area contributed by atoms with E-state index in [9.17, 15) is 8.78 Å². The van der Waals surface area contributed by atoms with E-state index in [1.165, 1.54) is 11.3 Å². The second kappa shape index (κ2) is 3.03. The second-order valence-electron chi connectivity index (χ2n) is 3.33. The van der Waals surface area contributed by atoms with Gasteiger partial charge < -0.3 is 5.32 Å². The Morgan fingerprint density at radius 3 is 2.92 bits per heavy atom. The van der Waals surface area contributed by atoms with Crippen molar-refractivity contribution in [3.05, 3.63) is 22.4 Å². The summed E-state index contributed by atoms with van der Waals surface area (Å²) in [6.45, 7) is 0.398. The standard InChI is InChI=1S/C9H11F2NS/c1-12-5-6-8(9(6,10)11)7-3-2-4-13-7/h2-4,6,8,12H,5H2,1H3/t6-,8-/m1/s1. The lowest BCUT2D eigenvalue weighted by Crippen LogP contribution is -2.13. The van der Waals surface area contributed by atoms with Crippen LogP contribution in [0.4, 0.5) is 8.78 Å². The van der Waals surface area contributed by atoms with Crippen LogP contribution in [0.3, 0.4) is 0 Å². The number of hydrogen-bond donors (Lipinski definition) is 1. The maximum absolute atomic E-state index is 13.2. The molecule has 1 aromatic rings. The fraction of sp³-hybridized carbons (Fsp3) is 0.556. The van der Waals surface area contributed by atoms with Crippen LogP contribution in [-0.2, 0) is 0 Å². The summed E-state index contributed by atoms with van der Waals surface area (Å²) in [5.41, 5.74) is 0. The molecule has 0 saturated heterocycles. The zero-order chi connectivity index (χ0) is 9.47. The first kappa shape index (κ1) is 9.09. The number of hydrogen-bond acceptors (Lipinski definition) is 2. The van der Waals surface area contributed by atoms with Gasteiger partial charge in [-0.1, -0.05) is 6.07 Å². The van der Waals surface area contributed by atoms with Crippen LogP contribution in [0.2, 0.25) is 0 Å². The predicted octanol–water partition coefficient (Wildman–Crippen LogP) is 2.32. The molecule has 2 atom stereocenters. The fourth-order valence-electron chi connectivity index (χ4n) is 1.72. The third-order valence-electron chi connectivity index (χ3n) is 2.48. The minimum atomic E-state index is -2.49.